The molecule has 0 spiro atoms. The number of guanidine groups is 1. The first kappa shape index (κ1) is 19.9. The Labute approximate surface area is 175 Å². The minimum Gasteiger partial charge on any atom is -0.357 e. The van der Waals surface area contributed by atoms with Gasteiger partial charge in [0.2, 0.25) is 5.91 Å². The van der Waals surface area contributed by atoms with Gasteiger partial charge in [0.15, 0.2) is 5.96 Å². The van der Waals surface area contributed by atoms with E-state index in [1.807, 2.05) is 17.9 Å². The highest BCUT2D eigenvalue weighted by Crippen LogP contribution is 2.47. The zero-order valence-electron chi connectivity index (χ0n) is 16.7. The van der Waals surface area contributed by atoms with E-state index >= 15 is 0 Å². The van der Waals surface area contributed by atoms with Gasteiger partial charge in [-0.2, -0.15) is 0 Å². The van der Waals surface area contributed by atoms with Crippen LogP contribution in [0.1, 0.15) is 35.8 Å². The van der Waals surface area contributed by atoms with Crippen LogP contribution in [0, 0.1) is 5.82 Å². The average Bonchev–Trinajstić information content (AvgIpc) is 3.38. The highest BCUT2D eigenvalue weighted by atomic mass is 32.1. The fourth-order valence-corrected chi connectivity index (χ4v) is 4.73. The number of nitrogens with one attached hydrogen (secondary N) is 2. The summed E-state index contributed by atoms with van der Waals surface area (Å²) in [6.45, 7) is 4.96. The summed E-state index contributed by atoms with van der Waals surface area (Å²) < 4.78 is 13.6. The Hall–Kier alpha value is -2.41. The highest BCUT2D eigenvalue weighted by Gasteiger charge is 2.44. The molecule has 2 N–H and O–H groups in total. The van der Waals surface area contributed by atoms with Gasteiger partial charge in [-0.25, -0.2) is 9.38 Å². The molecule has 1 amide bonds. The maximum absolute atomic E-state index is 13.6. The molecular weight excluding hydrogens is 387 g/mol. The lowest BCUT2D eigenvalue weighted by atomic mass is 9.96. The molecule has 1 aliphatic heterocycles. The number of carbonyl (C=O) groups excluding carboxylic acids is 1. The van der Waals surface area contributed by atoms with Crippen molar-refractivity contribution in [1.29, 1.82) is 0 Å². The third kappa shape index (κ3) is 4.61. The Morgan fingerprint density at radius 2 is 2.17 bits per heavy atom. The molecular formula is C22H27FN4OS. The number of amides is 1. The summed E-state index contributed by atoms with van der Waals surface area (Å²) in [5.41, 5.74) is 2.25. The second-order valence-electron chi connectivity index (χ2n) is 7.77. The standard InChI is InChI=1S/C22H27FN4OS/c1-2-24-21(26-15-22(8-9-22)17-4-3-5-18(23)12-17)25-13-20(28)27-10-6-19-16(14-27)7-11-29-19/h3-5,7,11-12H,2,6,8-10,13-15H2,1H3,(H2,24,25,26). The number of thiophene rings is 1. The first-order chi connectivity index (χ1) is 14.1. The summed E-state index contributed by atoms with van der Waals surface area (Å²) in [6.07, 6.45) is 2.98. The average molecular weight is 415 g/mol. The third-order valence-electron chi connectivity index (χ3n) is 5.76. The number of hydrogen-bond donors (Lipinski definition) is 2. The molecule has 0 radical (unpaired) electrons. The van der Waals surface area contributed by atoms with E-state index < -0.39 is 0 Å². The number of fused-ring (bicyclic) bond motifs is 1. The number of rotatable bonds is 6. The molecule has 0 bridgehead atoms. The minimum atomic E-state index is -0.199. The molecule has 29 heavy (non-hydrogen) atoms. The molecule has 1 saturated carbocycles. The number of nitrogens with zero attached hydrogens (tertiary/aromatic N) is 2. The largest absolute Gasteiger partial charge is 0.357 e. The topological polar surface area (TPSA) is 56.7 Å². The van der Waals surface area contributed by atoms with Gasteiger partial charge in [-0.1, -0.05) is 12.1 Å². The second-order valence-corrected chi connectivity index (χ2v) is 8.77. The van der Waals surface area contributed by atoms with E-state index in [4.69, 9.17) is 0 Å². The lowest BCUT2D eigenvalue weighted by molar-refractivity contribution is -0.130. The summed E-state index contributed by atoms with van der Waals surface area (Å²) in [4.78, 5) is 20.4. The molecule has 2 aliphatic rings. The number of carbonyl (C=O) groups is 1. The third-order valence-corrected chi connectivity index (χ3v) is 6.78. The van der Waals surface area contributed by atoms with Crippen LogP contribution in [0.2, 0.25) is 0 Å². The van der Waals surface area contributed by atoms with Gasteiger partial charge in [0.1, 0.15) is 12.4 Å². The molecule has 1 aliphatic carbocycles. The molecule has 0 atom stereocenters. The zero-order valence-corrected chi connectivity index (χ0v) is 17.5. The summed E-state index contributed by atoms with van der Waals surface area (Å²) in [6, 6.07) is 8.96. The van der Waals surface area contributed by atoms with Crippen LogP contribution in [0.15, 0.2) is 40.7 Å². The van der Waals surface area contributed by atoms with E-state index in [0.29, 0.717) is 19.0 Å². The van der Waals surface area contributed by atoms with Crippen molar-refractivity contribution in [2.75, 3.05) is 26.2 Å². The van der Waals surface area contributed by atoms with Crippen LogP contribution in [-0.2, 0) is 23.2 Å². The van der Waals surface area contributed by atoms with Crippen molar-refractivity contribution in [3.63, 3.8) is 0 Å². The summed E-state index contributed by atoms with van der Waals surface area (Å²) in [7, 11) is 0. The van der Waals surface area contributed by atoms with Crippen LogP contribution in [0.3, 0.4) is 0 Å². The Bertz CT molecular complexity index is 906. The fraction of sp³-hybridized carbons (Fsp3) is 0.455. The van der Waals surface area contributed by atoms with Crippen LogP contribution < -0.4 is 10.6 Å². The van der Waals surface area contributed by atoms with E-state index in [-0.39, 0.29) is 23.7 Å². The first-order valence-electron chi connectivity index (χ1n) is 10.2. The van der Waals surface area contributed by atoms with Crippen molar-refractivity contribution in [2.24, 2.45) is 4.99 Å². The Morgan fingerprint density at radius 3 is 2.93 bits per heavy atom. The van der Waals surface area contributed by atoms with E-state index in [1.165, 1.54) is 16.5 Å². The molecule has 1 aromatic carbocycles. The molecule has 1 aromatic heterocycles. The Balaban J connectivity index is 1.35. The van der Waals surface area contributed by atoms with Crippen molar-refractivity contribution in [2.45, 2.75) is 38.1 Å². The number of aliphatic imine (C=N–C) groups is 1. The summed E-state index contributed by atoms with van der Waals surface area (Å²) in [5, 5.41) is 8.66. The van der Waals surface area contributed by atoms with Gasteiger partial charge in [0.25, 0.3) is 0 Å². The van der Waals surface area contributed by atoms with Gasteiger partial charge in [-0.3, -0.25) is 4.79 Å². The van der Waals surface area contributed by atoms with Crippen molar-refractivity contribution in [3.05, 3.63) is 57.5 Å². The second kappa shape index (κ2) is 8.53. The van der Waals surface area contributed by atoms with Crippen molar-refractivity contribution in [1.82, 2.24) is 15.5 Å². The Morgan fingerprint density at radius 1 is 1.31 bits per heavy atom. The number of halogens is 1. The predicted octanol–water partition coefficient (Wildman–Crippen LogP) is 3.06. The maximum Gasteiger partial charge on any atom is 0.244 e. The van der Waals surface area contributed by atoms with Gasteiger partial charge >= 0.3 is 0 Å². The van der Waals surface area contributed by atoms with Crippen molar-refractivity contribution in [3.8, 4) is 0 Å². The van der Waals surface area contributed by atoms with Crippen molar-refractivity contribution < 1.29 is 9.18 Å². The summed E-state index contributed by atoms with van der Waals surface area (Å²) >= 11 is 1.77. The van der Waals surface area contributed by atoms with Crippen molar-refractivity contribution >= 4 is 23.2 Å². The van der Waals surface area contributed by atoms with E-state index in [9.17, 15) is 9.18 Å². The molecule has 7 heteroatoms. The van der Waals surface area contributed by atoms with E-state index in [0.717, 1.165) is 37.9 Å². The first-order valence-corrected chi connectivity index (χ1v) is 11.1. The molecule has 0 unspecified atom stereocenters. The fourth-order valence-electron chi connectivity index (χ4n) is 3.84. The summed E-state index contributed by atoms with van der Waals surface area (Å²) in [5.74, 6) is 0.484. The molecule has 2 aromatic rings. The lowest BCUT2D eigenvalue weighted by Crippen LogP contribution is -2.42. The molecule has 154 valence electrons. The SMILES string of the molecule is CCNC(=NCC(=O)N1CCc2sccc2C1)NCC1(c2cccc(F)c2)CC1. The number of benzene rings is 1. The molecule has 0 saturated heterocycles. The van der Waals surface area contributed by atoms with Gasteiger partial charge in [0, 0.05) is 36.5 Å². The Kier molecular flexibility index (Phi) is 5.85. The van der Waals surface area contributed by atoms with E-state index in [1.54, 1.807) is 23.5 Å². The van der Waals surface area contributed by atoms with Crippen LogP contribution in [-0.4, -0.2) is 42.9 Å². The predicted molar refractivity (Wildman–Crippen MR) is 115 cm³/mol. The molecule has 1 fully saturated rings. The lowest BCUT2D eigenvalue weighted by Gasteiger charge is -2.26. The van der Waals surface area contributed by atoms with Crippen LogP contribution in [0.25, 0.3) is 0 Å². The highest BCUT2D eigenvalue weighted by molar-refractivity contribution is 7.10. The van der Waals surface area contributed by atoms with Gasteiger partial charge < -0.3 is 15.5 Å². The monoisotopic (exact) mass is 414 g/mol. The molecule has 4 rings (SSSR count). The maximum atomic E-state index is 13.6. The smallest absolute Gasteiger partial charge is 0.244 e. The van der Waals surface area contributed by atoms with Crippen LogP contribution in [0.5, 0.6) is 0 Å². The van der Waals surface area contributed by atoms with Crippen LogP contribution >= 0.6 is 11.3 Å². The quantitative estimate of drug-likeness (QED) is 0.564. The van der Waals surface area contributed by atoms with Gasteiger partial charge in [-0.15, -0.1) is 11.3 Å². The van der Waals surface area contributed by atoms with Crippen LogP contribution in [0.4, 0.5) is 4.39 Å². The normalized spacial score (nSPS) is 17.6. The zero-order chi connectivity index (χ0) is 20.3. The molecule has 5 nitrogen and oxygen atoms in total. The number of hydrogen-bond acceptors (Lipinski definition) is 3. The van der Waals surface area contributed by atoms with Gasteiger partial charge in [-0.05, 0) is 60.9 Å². The molecule has 2 heterocycles. The van der Waals surface area contributed by atoms with Gasteiger partial charge in [0.05, 0.1) is 0 Å². The minimum absolute atomic E-state index is 0.0372. The van der Waals surface area contributed by atoms with E-state index in [2.05, 4.69) is 27.1 Å².